The van der Waals surface area contributed by atoms with Gasteiger partial charge >= 0.3 is 11.9 Å². The first-order valence-electron chi connectivity index (χ1n) is 13.6. The molecule has 2 aromatic carbocycles. The van der Waals surface area contributed by atoms with Crippen molar-refractivity contribution in [3.8, 4) is 11.1 Å². The molecule has 0 saturated carbocycles. The van der Waals surface area contributed by atoms with Gasteiger partial charge in [-0.25, -0.2) is 10.3 Å². The van der Waals surface area contributed by atoms with Gasteiger partial charge in [0.25, 0.3) is 5.91 Å². The van der Waals surface area contributed by atoms with E-state index >= 15 is 0 Å². The molecule has 1 unspecified atom stereocenters. The molecule has 11 nitrogen and oxygen atoms in total. The molecule has 41 heavy (non-hydrogen) atoms. The van der Waals surface area contributed by atoms with Crippen molar-refractivity contribution in [1.82, 2.24) is 15.7 Å². The van der Waals surface area contributed by atoms with Gasteiger partial charge in [-0.05, 0) is 41.5 Å². The fraction of sp³-hybridized carbons (Fsp3) is 0.433. The smallest absolute Gasteiger partial charge is 0.336 e. The molecule has 11 heteroatoms. The molecule has 0 bridgehead atoms. The van der Waals surface area contributed by atoms with Crippen LogP contribution in [0.5, 0.6) is 0 Å². The fourth-order valence-electron chi connectivity index (χ4n) is 4.50. The Bertz CT molecular complexity index is 1210. The first kappa shape index (κ1) is 33.0. The van der Waals surface area contributed by atoms with Crippen LogP contribution >= 0.6 is 0 Å². The minimum Gasteiger partial charge on any atom is -0.481 e. The molecule has 2 atom stereocenters. The summed E-state index contributed by atoms with van der Waals surface area (Å²) in [6, 6.07) is 12.2. The number of unbranched alkanes of at least 4 members (excludes halogenated alkanes) is 2. The largest absolute Gasteiger partial charge is 0.481 e. The van der Waals surface area contributed by atoms with E-state index in [4.69, 9.17) is 5.21 Å². The Hall–Kier alpha value is -4.25. The van der Waals surface area contributed by atoms with E-state index in [2.05, 4.69) is 5.32 Å². The Labute approximate surface area is 239 Å². The number of carbonyl (C=O) groups excluding carboxylic acids is 3. The Morgan fingerprint density at radius 2 is 1.56 bits per heavy atom. The number of carboxylic acid groups (broad SMARTS) is 2. The Morgan fingerprint density at radius 3 is 2.12 bits per heavy atom. The fourth-order valence-corrected chi connectivity index (χ4v) is 4.50. The van der Waals surface area contributed by atoms with Crippen molar-refractivity contribution in [2.75, 3.05) is 6.54 Å². The summed E-state index contributed by atoms with van der Waals surface area (Å²) in [6.45, 7) is 6.02. The molecular formula is C30H39N3O8. The first-order valence-corrected chi connectivity index (χ1v) is 13.6. The third-order valence-corrected chi connectivity index (χ3v) is 6.58. The monoisotopic (exact) mass is 569 g/mol. The van der Waals surface area contributed by atoms with E-state index in [1.165, 1.54) is 16.4 Å². The van der Waals surface area contributed by atoms with E-state index in [0.717, 1.165) is 18.4 Å². The van der Waals surface area contributed by atoms with Gasteiger partial charge in [0, 0.05) is 13.1 Å². The van der Waals surface area contributed by atoms with Crippen LogP contribution in [0.25, 0.3) is 11.1 Å². The molecule has 0 spiro atoms. The molecule has 0 aliphatic rings. The van der Waals surface area contributed by atoms with E-state index in [0.29, 0.717) is 24.1 Å². The molecule has 0 aliphatic heterocycles. The second kappa shape index (κ2) is 16.1. The average Bonchev–Trinajstić information content (AvgIpc) is 2.94. The predicted octanol–water partition coefficient (Wildman–Crippen LogP) is 3.70. The topological polar surface area (TPSA) is 173 Å². The molecule has 5 N–H and O–H groups in total. The van der Waals surface area contributed by atoms with Gasteiger partial charge in [0.15, 0.2) is 0 Å². The molecule has 2 aromatic rings. The van der Waals surface area contributed by atoms with Gasteiger partial charge in [0.2, 0.25) is 11.8 Å². The van der Waals surface area contributed by atoms with Crippen molar-refractivity contribution >= 4 is 29.7 Å². The number of rotatable bonds is 16. The second-order valence-corrected chi connectivity index (χ2v) is 10.3. The summed E-state index contributed by atoms with van der Waals surface area (Å²) in [5.74, 6) is -6.14. The number of nitrogens with one attached hydrogen (secondary N) is 2. The quantitative estimate of drug-likeness (QED) is 0.0881. The zero-order valence-corrected chi connectivity index (χ0v) is 23.6. The first-order chi connectivity index (χ1) is 19.5. The Kier molecular flexibility index (Phi) is 13.0. The van der Waals surface area contributed by atoms with Crippen LogP contribution in [0.15, 0.2) is 48.5 Å². The summed E-state index contributed by atoms with van der Waals surface area (Å²) in [5.41, 5.74) is 3.59. The number of benzene rings is 2. The second-order valence-electron chi connectivity index (χ2n) is 10.3. The van der Waals surface area contributed by atoms with Gasteiger partial charge < -0.3 is 20.4 Å². The molecule has 0 fully saturated rings. The molecule has 0 aromatic heterocycles. The summed E-state index contributed by atoms with van der Waals surface area (Å²) in [4.78, 5) is 63.5. The minimum absolute atomic E-state index is 0.0871. The van der Waals surface area contributed by atoms with E-state index in [1.54, 1.807) is 56.3 Å². The van der Waals surface area contributed by atoms with Gasteiger partial charge in [0.1, 0.15) is 12.0 Å². The van der Waals surface area contributed by atoms with Crippen molar-refractivity contribution in [2.45, 2.75) is 65.5 Å². The molecule has 0 radical (unpaired) electrons. The van der Waals surface area contributed by atoms with Crippen LogP contribution in [0.3, 0.4) is 0 Å². The number of carbonyl (C=O) groups is 5. The molecule has 3 amide bonds. The van der Waals surface area contributed by atoms with Gasteiger partial charge in [-0.2, -0.15) is 0 Å². The van der Waals surface area contributed by atoms with Gasteiger partial charge in [-0.15, -0.1) is 0 Å². The third-order valence-electron chi connectivity index (χ3n) is 6.58. The zero-order chi connectivity index (χ0) is 30.5. The summed E-state index contributed by atoms with van der Waals surface area (Å²) in [7, 11) is 0. The molecular weight excluding hydrogens is 530 g/mol. The number of hydrogen-bond donors (Lipinski definition) is 5. The number of hydroxylamine groups is 1. The summed E-state index contributed by atoms with van der Waals surface area (Å²) >= 11 is 0. The average molecular weight is 570 g/mol. The lowest BCUT2D eigenvalue weighted by atomic mass is 9.95. The van der Waals surface area contributed by atoms with Crippen molar-refractivity contribution < 1.29 is 39.4 Å². The normalized spacial score (nSPS) is 12.3. The van der Waals surface area contributed by atoms with Crippen LogP contribution in [0, 0.1) is 11.8 Å². The maximum atomic E-state index is 13.6. The summed E-state index contributed by atoms with van der Waals surface area (Å²) < 4.78 is 0. The maximum absolute atomic E-state index is 13.6. The van der Waals surface area contributed by atoms with Gasteiger partial charge in [-0.3, -0.25) is 24.4 Å². The highest BCUT2D eigenvalue weighted by molar-refractivity contribution is 6.02. The maximum Gasteiger partial charge on any atom is 0.336 e. The Morgan fingerprint density at radius 1 is 0.902 bits per heavy atom. The number of aliphatic carboxylic acids is 1. The van der Waals surface area contributed by atoms with Crippen LogP contribution in [0.2, 0.25) is 0 Å². The molecule has 0 heterocycles. The standard InChI is InChI=1S/C30H39N3O8/c1-4-5-8-15-33(18-20-11-13-21(14-12-20)22-9-6-7-10-23(22)30(39)40)29(38)25(17-26(34)35)31-27(36)24(16-19(2)3)28(37)32-41/h6-7,9-14,19,24-25,41H,4-5,8,15-18H2,1-3H3,(H,31,36)(H,32,37)(H,34,35)(H,39,40)/t24?,25-/m1/s1. The van der Waals surface area contributed by atoms with Crippen LogP contribution < -0.4 is 10.8 Å². The van der Waals surface area contributed by atoms with Crippen LogP contribution in [0.1, 0.15) is 68.8 Å². The molecule has 0 saturated heterocycles. The lowest BCUT2D eigenvalue weighted by Crippen LogP contribution is -2.52. The molecule has 0 aliphatic carbocycles. The van der Waals surface area contributed by atoms with Crippen LogP contribution in [-0.4, -0.2) is 62.6 Å². The lowest BCUT2D eigenvalue weighted by Gasteiger charge is -2.28. The summed E-state index contributed by atoms with van der Waals surface area (Å²) in [5, 5.41) is 30.5. The highest BCUT2D eigenvalue weighted by atomic mass is 16.5. The van der Waals surface area contributed by atoms with E-state index in [9.17, 15) is 34.2 Å². The van der Waals surface area contributed by atoms with Crippen LogP contribution in [-0.2, 0) is 25.7 Å². The van der Waals surface area contributed by atoms with Crippen molar-refractivity contribution in [3.63, 3.8) is 0 Å². The van der Waals surface area contributed by atoms with Crippen molar-refractivity contribution in [3.05, 3.63) is 59.7 Å². The lowest BCUT2D eigenvalue weighted by molar-refractivity contribution is -0.146. The van der Waals surface area contributed by atoms with Gasteiger partial charge in [0.05, 0.1) is 12.0 Å². The number of aromatic carboxylic acids is 1. The molecule has 222 valence electrons. The SMILES string of the molecule is CCCCCN(Cc1ccc(-c2ccccc2C(=O)O)cc1)C(=O)[C@@H](CC(=O)O)NC(=O)C(CC(C)C)C(=O)NO. The highest BCUT2D eigenvalue weighted by Crippen LogP contribution is 2.25. The van der Waals surface area contributed by atoms with Crippen LogP contribution in [0.4, 0.5) is 0 Å². The zero-order valence-electron chi connectivity index (χ0n) is 23.6. The number of carboxylic acids is 2. The number of nitrogens with zero attached hydrogens (tertiary/aromatic N) is 1. The number of amides is 3. The Balaban J connectivity index is 2.32. The summed E-state index contributed by atoms with van der Waals surface area (Å²) in [6.07, 6.45) is 1.78. The van der Waals surface area contributed by atoms with Gasteiger partial charge in [-0.1, -0.05) is 76.1 Å². The minimum atomic E-state index is -1.43. The molecule has 2 rings (SSSR count). The van der Waals surface area contributed by atoms with E-state index < -0.39 is 48.0 Å². The predicted molar refractivity (Wildman–Crippen MR) is 151 cm³/mol. The third kappa shape index (κ3) is 10.0. The highest BCUT2D eigenvalue weighted by Gasteiger charge is 2.33. The van der Waals surface area contributed by atoms with Crippen molar-refractivity contribution in [1.29, 1.82) is 0 Å². The van der Waals surface area contributed by atoms with E-state index in [1.807, 2.05) is 6.92 Å². The number of hydrogen-bond acceptors (Lipinski definition) is 6. The van der Waals surface area contributed by atoms with E-state index in [-0.39, 0.29) is 24.4 Å². The van der Waals surface area contributed by atoms with Crippen molar-refractivity contribution in [2.24, 2.45) is 11.8 Å².